The molecule has 0 bridgehead atoms. The molecule has 8 heteroatoms. The van der Waals surface area contributed by atoms with Gasteiger partial charge in [0.05, 0.1) is 17.1 Å². The smallest absolute Gasteiger partial charge is 0.140 e. The fourth-order valence-corrected chi connectivity index (χ4v) is 12.0. The van der Waals surface area contributed by atoms with E-state index < -0.39 is 0 Å². The number of nitrogens with zero attached hydrogens (tertiary/aromatic N) is 5. The summed E-state index contributed by atoms with van der Waals surface area (Å²) >= 11 is 0. The molecule has 396 valence electrons. The van der Waals surface area contributed by atoms with E-state index in [1.807, 2.05) is 26.0 Å². The lowest BCUT2D eigenvalue weighted by Gasteiger charge is -2.28. The lowest BCUT2D eigenvalue weighted by Crippen LogP contribution is -2.21. The molecule has 0 radical (unpaired) electrons. The van der Waals surface area contributed by atoms with Crippen molar-refractivity contribution >= 4 is 11.4 Å². The molecule has 0 atom stereocenters. The molecule has 3 N–H and O–H groups in total. The van der Waals surface area contributed by atoms with Crippen LogP contribution in [0.15, 0.2) is 133 Å². The average Bonchev–Trinajstić information content (AvgIpc) is 4.07. The molecule has 0 unspecified atom stereocenters. The van der Waals surface area contributed by atoms with Crippen molar-refractivity contribution in [2.75, 3.05) is 37.0 Å². The number of anilines is 2. The summed E-state index contributed by atoms with van der Waals surface area (Å²) in [5.74, 6) is 3.70. The number of aromatic hydroxyl groups is 2. The quantitative estimate of drug-likeness (QED) is 0.0841. The molecule has 0 amide bonds. The van der Waals surface area contributed by atoms with Gasteiger partial charge in [-0.15, -0.1) is 0 Å². The predicted octanol–water partition coefficient (Wildman–Crippen LogP) is 16.6. The summed E-state index contributed by atoms with van der Waals surface area (Å²) in [5.41, 5.74) is 18.2. The number of phenols is 2. The van der Waals surface area contributed by atoms with Gasteiger partial charge in [-0.05, 0) is 180 Å². The van der Waals surface area contributed by atoms with E-state index >= 15 is 0 Å². The van der Waals surface area contributed by atoms with Gasteiger partial charge in [-0.1, -0.05) is 123 Å². The van der Waals surface area contributed by atoms with Crippen LogP contribution < -0.4 is 9.80 Å². The standard InChI is InChI=1S/C37H45N3O.C31H37N3O/c1-40(2)31-21-19-29(20-22-31)35-34(23-18-26-12-6-3-7-13-26)38-37(39-35)30-24-32(27-14-8-4-9-15-27)36(41)33(25-30)28-16-10-5-11-17-28;1-6-33(7-2)27-17-15-25(16-18-27)29-28(19-14-24-12-10-9-11-13-24)32-31(34(29)8-3)26-20-22(4)30(35)23(5)21-26/h3,6-7,12-13,19-22,24-25,27-28,41H,4-5,8-11,14-18,23H2,1-2H3,(H,38,39);9-13,15-18,20-21,35H,6-8,14,19H2,1-5H3. The maximum Gasteiger partial charge on any atom is 0.140 e. The normalized spacial score (nSPS) is 14.1. The molecule has 2 aliphatic carbocycles. The Balaban J connectivity index is 0.000000188. The van der Waals surface area contributed by atoms with Crippen LogP contribution in [0.25, 0.3) is 45.3 Å². The highest BCUT2D eigenvalue weighted by atomic mass is 16.3. The summed E-state index contributed by atoms with van der Waals surface area (Å²) in [4.78, 5) is 18.8. The molecular formula is C68H82N6O2. The van der Waals surface area contributed by atoms with Crippen LogP contribution in [0.5, 0.6) is 11.5 Å². The Labute approximate surface area is 453 Å². The zero-order chi connectivity index (χ0) is 53.1. The van der Waals surface area contributed by atoms with E-state index in [9.17, 15) is 10.2 Å². The first-order chi connectivity index (χ1) is 37.0. The topological polar surface area (TPSA) is 93.4 Å². The SMILES string of the molecule is CCN(CC)c1ccc(-c2c(CCc3ccccc3)nc(-c3cc(C)c(O)c(C)c3)n2CC)cc1.CN(C)c1ccc(-c2nc(-c3cc(C4CCCCC4)c(O)c(C4CCCCC4)c3)[nH]c2CCc2ccccc2)cc1. The maximum absolute atomic E-state index is 11.6. The third-order valence-electron chi connectivity index (χ3n) is 16.3. The summed E-state index contributed by atoms with van der Waals surface area (Å²) < 4.78 is 2.33. The number of rotatable bonds is 17. The van der Waals surface area contributed by atoms with Gasteiger partial charge in [-0.3, -0.25) is 0 Å². The summed E-state index contributed by atoms with van der Waals surface area (Å²) in [5, 5.41) is 22.0. The minimum atomic E-state index is 0.361. The zero-order valence-electron chi connectivity index (χ0n) is 46.5. The van der Waals surface area contributed by atoms with Gasteiger partial charge in [-0.2, -0.15) is 0 Å². The Morgan fingerprint density at radius 1 is 0.539 bits per heavy atom. The summed E-state index contributed by atoms with van der Waals surface area (Å²) in [7, 11) is 4.15. The highest BCUT2D eigenvalue weighted by Crippen LogP contribution is 2.46. The first kappa shape index (κ1) is 53.8. The number of hydrogen-bond acceptors (Lipinski definition) is 6. The molecule has 6 aromatic carbocycles. The molecule has 8 aromatic rings. The molecule has 0 spiro atoms. The monoisotopic (exact) mass is 1010 g/mol. The fourth-order valence-electron chi connectivity index (χ4n) is 12.0. The van der Waals surface area contributed by atoms with Crippen molar-refractivity contribution < 1.29 is 10.2 Å². The highest BCUT2D eigenvalue weighted by Gasteiger charge is 2.27. The van der Waals surface area contributed by atoms with Crippen molar-refractivity contribution in [3.8, 4) is 56.8 Å². The van der Waals surface area contributed by atoms with Gasteiger partial charge in [-0.25, -0.2) is 9.97 Å². The van der Waals surface area contributed by atoms with Crippen LogP contribution >= 0.6 is 0 Å². The van der Waals surface area contributed by atoms with Crippen molar-refractivity contribution in [2.45, 2.75) is 143 Å². The Kier molecular flexibility index (Phi) is 17.8. The number of aromatic amines is 1. The minimum absolute atomic E-state index is 0.361. The molecule has 2 fully saturated rings. The van der Waals surface area contributed by atoms with E-state index in [1.165, 1.54) is 104 Å². The molecule has 0 saturated heterocycles. The van der Waals surface area contributed by atoms with E-state index in [-0.39, 0.29) is 0 Å². The van der Waals surface area contributed by atoms with Crippen molar-refractivity contribution in [3.63, 3.8) is 0 Å². The van der Waals surface area contributed by atoms with Gasteiger partial charge in [0.15, 0.2) is 0 Å². The van der Waals surface area contributed by atoms with Crippen LogP contribution in [-0.4, -0.2) is 56.9 Å². The van der Waals surface area contributed by atoms with Crippen molar-refractivity contribution in [1.82, 2.24) is 19.5 Å². The summed E-state index contributed by atoms with van der Waals surface area (Å²) in [6.45, 7) is 13.3. The van der Waals surface area contributed by atoms with Gasteiger partial charge in [0, 0.05) is 73.1 Å². The largest absolute Gasteiger partial charge is 0.507 e. The molecule has 2 aliphatic rings. The van der Waals surface area contributed by atoms with E-state index in [4.69, 9.17) is 9.97 Å². The zero-order valence-corrected chi connectivity index (χ0v) is 46.5. The molecule has 10 rings (SSSR count). The highest BCUT2D eigenvalue weighted by molar-refractivity contribution is 5.73. The molecule has 2 aromatic heterocycles. The van der Waals surface area contributed by atoms with E-state index in [2.05, 4.69) is 176 Å². The third-order valence-corrected chi connectivity index (χ3v) is 16.3. The van der Waals surface area contributed by atoms with E-state index in [1.54, 1.807) is 0 Å². The second-order valence-corrected chi connectivity index (χ2v) is 21.7. The number of aryl methyl sites for hydroxylation is 6. The molecule has 2 heterocycles. The molecule has 8 nitrogen and oxygen atoms in total. The average molecular weight is 1020 g/mol. The summed E-state index contributed by atoms with van der Waals surface area (Å²) in [6, 6.07) is 47.6. The van der Waals surface area contributed by atoms with Crippen LogP contribution in [0.1, 0.15) is 142 Å². The predicted molar refractivity (Wildman–Crippen MR) is 318 cm³/mol. The number of hydrogen-bond donors (Lipinski definition) is 3. The van der Waals surface area contributed by atoms with Crippen LogP contribution in [0.2, 0.25) is 0 Å². The number of phenolic OH excluding ortho intramolecular Hbond substituents is 2. The van der Waals surface area contributed by atoms with Crippen LogP contribution in [0, 0.1) is 13.8 Å². The van der Waals surface area contributed by atoms with Gasteiger partial charge in [0.1, 0.15) is 23.1 Å². The molecular weight excluding hydrogens is 933 g/mol. The Morgan fingerprint density at radius 2 is 1.05 bits per heavy atom. The first-order valence-corrected chi connectivity index (χ1v) is 28.6. The van der Waals surface area contributed by atoms with Gasteiger partial charge in [0.2, 0.25) is 0 Å². The molecule has 76 heavy (non-hydrogen) atoms. The van der Waals surface area contributed by atoms with Gasteiger partial charge < -0.3 is 29.6 Å². The Morgan fingerprint density at radius 3 is 1.57 bits per heavy atom. The van der Waals surface area contributed by atoms with Crippen molar-refractivity contribution in [3.05, 3.63) is 178 Å². The number of nitrogens with one attached hydrogen (secondary N) is 1. The van der Waals surface area contributed by atoms with E-state index in [0.29, 0.717) is 23.3 Å². The third kappa shape index (κ3) is 12.4. The maximum atomic E-state index is 11.6. The second-order valence-electron chi connectivity index (χ2n) is 21.7. The van der Waals surface area contributed by atoms with Crippen LogP contribution in [0.4, 0.5) is 11.4 Å². The lowest BCUT2D eigenvalue weighted by molar-refractivity contribution is 0.393. The minimum Gasteiger partial charge on any atom is -0.507 e. The number of H-pyrrole nitrogens is 1. The fraction of sp³-hybridized carbons (Fsp3) is 0.382. The summed E-state index contributed by atoms with van der Waals surface area (Å²) in [6.07, 6.45) is 16.0. The van der Waals surface area contributed by atoms with Crippen molar-refractivity contribution in [2.24, 2.45) is 0 Å². The molecule has 0 aliphatic heterocycles. The van der Waals surface area contributed by atoms with Gasteiger partial charge in [0.25, 0.3) is 0 Å². The van der Waals surface area contributed by atoms with Crippen LogP contribution in [-0.2, 0) is 32.2 Å². The van der Waals surface area contributed by atoms with Gasteiger partial charge >= 0.3 is 0 Å². The molecule has 2 saturated carbocycles. The lowest BCUT2D eigenvalue weighted by atomic mass is 9.78. The van der Waals surface area contributed by atoms with E-state index in [0.717, 1.165) is 107 Å². The number of imidazole rings is 2. The van der Waals surface area contributed by atoms with Crippen LogP contribution in [0.3, 0.4) is 0 Å². The van der Waals surface area contributed by atoms with Crippen molar-refractivity contribution in [1.29, 1.82) is 0 Å². The number of aromatic nitrogens is 4. The Hall–Kier alpha value is -7.06. The second kappa shape index (κ2) is 25.2. The Bertz CT molecular complexity index is 3060. The number of benzene rings is 6. The first-order valence-electron chi connectivity index (χ1n) is 28.6.